The lowest BCUT2D eigenvalue weighted by Gasteiger charge is -2.13. The van der Waals surface area contributed by atoms with Crippen LogP contribution in [0.4, 0.5) is 0 Å². The zero-order chi connectivity index (χ0) is 14.8. The number of carbonyl (C=O) groups is 2. The summed E-state index contributed by atoms with van der Waals surface area (Å²) in [5.41, 5.74) is 0.735. The fraction of sp³-hybridized carbons (Fsp3) is 0.333. The van der Waals surface area contributed by atoms with Gasteiger partial charge < -0.3 is 20.3 Å². The maximum atomic E-state index is 10.8. The molecule has 1 atom stereocenters. The molecule has 0 aliphatic rings. The van der Waals surface area contributed by atoms with Gasteiger partial charge in [0, 0.05) is 13.3 Å². The third-order valence-corrected chi connectivity index (χ3v) is 2.05. The van der Waals surface area contributed by atoms with E-state index in [0.717, 1.165) is 5.56 Å². The molecule has 1 amide bonds. The average molecular weight is 285 g/mol. The van der Waals surface area contributed by atoms with Crippen LogP contribution in [0.2, 0.25) is 6.55 Å². The molecular formula is C12H19NO5Si. The number of carboxylic acids is 1. The largest absolute Gasteiger partial charge is 0.508 e. The van der Waals surface area contributed by atoms with Crippen LogP contribution >= 0.6 is 0 Å². The first kappa shape index (κ1) is 17.1. The minimum Gasteiger partial charge on any atom is -0.508 e. The molecule has 106 valence electrons. The van der Waals surface area contributed by atoms with Gasteiger partial charge in [0.15, 0.2) is 9.76 Å². The first-order chi connectivity index (χ1) is 8.90. The Bertz CT molecular complexity index is 407. The number of benzene rings is 1. The van der Waals surface area contributed by atoms with Crippen molar-refractivity contribution in [2.45, 2.75) is 25.9 Å². The Morgan fingerprint density at radius 3 is 2.16 bits per heavy atom. The van der Waals surface area contributed by atoms with Crippen molar-refractivity contribution in [3.05, 3.63) is 29.8 Å². The van der Waals surface area contributed by atoms with Crippen LogP contribution in [0.15, 0.2) is 24.3 Å². The Morgan fingerprint density at radius 2 is 1.79 bits per heavy atom. The van der Waals surface area contributed by atoms with E-state index in [1.807, 2.05) is 6.55 Å². The molecule has 19 heavy (non-hydrogen) atoms. The molecular weight excluding hydrogens is 266 g/mol. The minimum absolute atomic E-state index is 0.121. The number of nitrogens with one attached hydrogen (secondary N) is 1. The number of aliphatic carboxylic acids is 1. The predicted molar refractivity (Wildman–Crippen MR) is 73.7 cm³/mol. The Kier molecular flexibility index (Phi) is 8.22. The molecule has 0 aliphatic heterocycles. The second kappa shape index (κ2) is 9.12. The summed E-state index contributed by atoms with van der Waals surface area (Å²) in [5, 5.41) is 20.3. The summed E-state index contributed by atoms with van der Waals surface area (Å²) in [6, 6.07) is 5.24. The number of aromatic hydroxyl groups is 1. The van der Waals surface area contributed by atoms with E-state index in [9.17, 15) is 9.59 Å². The maximum absolute atomic E-state index is 10.8. The highest BCUT2D eigenvalue weighted by molar-refractivity contribution is 6.22. The van der Waals surface area contributed by atoms with E-state index in [1.54, 1.807) is 12.1 Å². The van der Waals surface area contributed by atoms with Gasteiger partial charge in [-0.05, 0) is 17.7 Å². The van der Waals surface area contributed by atoms with Crippen LogP contribution in [0, 0.1) is 0 Å². The minimum atomic E-state index is -1.08. The van der Waals surface area contributed by atoms with Gasteiger partial charge in [0.1, 0.15) is 11.8 Å². The van der Waals surface area contributed by atoms with Gasteiger partial charge in [-0.2, -0.15) is 0 Å². The van der Waals surface area contributed by atoms with Crippen LogP contribution in [-0.2, 0) is 16.0 Å². The van der Waals surface area contributed by atoms with E-state index in [1.165, 1.54) is 19.1 Å². The van der Waals surface area contributed by atoms with Crippen LogP contribution < -0.4 is 5.32 Å². The van der Waals surface area contributed by atoms with Gasteiger partial charge in [0.2, 0.25) is 5.91 Å². The molecule has 0 bridgehead atoms. The SMILES string of the molecule is CC(=O)NC(Cc1ccc(O)cc1)C(=O)O.C[SiH2]O. The van der Waals surface area contributed by atoms with E-state index in [-0.39, 0.29) is 18.1 Å². The van der Waals surface area contributed by atoms with Crippen molar-refractivity contribution in [3.8, 4) is 5.75 Å². The summed E-state index contributed by atoms with van der Waals surface area (Å²) in [7, 11) is -0.583. The molecule has 0 aromatic heterocycles. The Hall–Kier alpha value is -1.86. The van der Waals surface area contributed by atoms with Crippen molar-refractivity contribution in [1.82, 2.24) is 5.32 Å². The molecule has 0 heterocycles. The lowest BCUT2D eigenvalue weighted by molar-refractivity contribution is -0.141. The van der Waals surface area contributed by atoms with Crippen molar-refractivity contribution in [2.24, 2.45) is 0 Å². The Labute approximate surface area is 114 Å². The molecule has 0 spiro atoms. The summed E-state index contributed by atoms with van der Waals surface area (Å²) >= 11 is 0. The second-order valence-corrected chi connectivity index (χ2v) is 4.41. The highest BCUT2D eigenvalue weighted by Gasteiger charge is 2.18. The lowest BCUT2D eigenvalue weighted by Crippen LogP contribution is -2.41. The fourth-order valence-corrected chi connectivity index (χ4v) is 1.31. The normalized spacial score (nSPS) is 11.5. The number of phenolic OH excluding ortho intramolecular Hbond substituents is 1. The molecule has 0 fully saturated rings. The molecule has 4 N–H and O–H groups in total. The number of amides is 1. The number of phenols is 1. The van der Waals surface area contributed by atoms with E-state index < -0.39 is 21.8 Å². The monoisotopic (exact) mass is 285 g/mol. The molecule has 0 aliphatic carbocycles. The molecule has 1 unspecified atom stereocenters. The zero-order valence-corrected chi connectivity index (χ0v) is 12.4. The van der Waals surface area contributed by atoms with Crippen molar-refractivity contribution in [2.75, 3.05) is 0 Å². The first-order valence-corrected chi connectivity index (χ1v) is 7.84. The first-order valence-electron chi connectivity index (χ1n) is 5.79. The summed E-state index contributed by atoms with van der Waals surface area (Å²) in [5.74, 6) is -1.34. The smallest absolute Gasteiger partial charge is 0.326 e. The van der Waals surface area contributed by atoms with Crippen molar-refractivity contribution < 1.29 is 24.6 Å². The van der Waals surface area contributed by atoms with Gasteiger partial charge in [-0.15, -0.1) is 0 Å². The zero-order valence-electron chi connectivity index (χ0n) is 11.0. The maximum Gasteiger partial charge on any atom is 0.326 e. The number of hydrogen-bond donors (Lipinski definition) is 4. The highest BCUT2D eigenvalue weighted by Crippen LogP contribution is 2.11. The fourth-order valence-electron chi connectivity index (χ4n) is 1.31. The van der Waals surface area contributed by atoms with E-state index in [0.29, 0.717) is 0 Å². The molecule has 0 saturated heterocycles. The summed E-state index contributed by atoms with van der Waals surface area (Å²) in [6.07, 6.45) is 0.190. The van der Waals surface area contributed by atoms with Crippen LogP contribution in [0.25, 0.3) is 0 Å². The van der Waals surface area contributed by atoms with Crippen molar-refractivity contribution in [3.63, 3.8) is 0 Å². The van der Waals surface area contributed by atoms with Gasteiger partial charge in [0.05, 0.1) is 0 Å². The number of carboxylic acid groups (broad SMARTS) is 1. The van der Waals surface area contributed by atoms with Crippen LogP contribution in [0.3, 0.4) is 0 Å². The van der Waals surface area contributed by atoms with E-state index in [2.05, 4.69) is 5.32 Å². The van der Waals surface area contributed by atoms with Crippen LogP contribution in [0.1, 0.15) is 12.5 Å². The number of hydrogen-bond acceptors (Lipinski definition) is 4. The quantitative estimate of drug-likeness (QED) is 0.565. The van der Waals surface area contributed by atoms with Crippen molar-refractivity contribution >= 4 is 21.6 Å². The van der Waals surface area contributed by atoms with E-state index in [4.69, 9.17) is 15.0 Å². The second-order valence-electron chi connectivity index (χ2n) is 3.78. The lowest BCUT2D eigenvalue weighted by atomic mass is 10.1. The van der Waals surface area contributed by atoms with Gasteiger partial charge >= 0.3 is 5.97 Å². The van der Waals surface area contributed by atoms with E-state index >= 15 is 0 Å². The molecule has 0 radical (unpaired) electrons. The highest BCUT2D eigenvalue weighted by atomic mass is 28.2. The molecule has 1 rings (SSSR count). The summed E-state index contributed by atoms with van der Waals surface area (Å²) in [6.45, 7) is 3.09. The molecule has 0 saturated carbocycles. The van der Waals surface area contributed by atoms with Gasteiger partial charge in [-0.1, -0.05) is 18.7 Å². The third-order valence-electron chi connectivity index (χ3n) is 2.05. The van der Waals surface area contributed by atoms with Gasteiger partial charge in [-0.3, -0.25) is 4.79 Å². The topological polar surface area (TPSA) is 107 Å². The van der Waals surface area contributed by atoms with Crippen molar-refractivity contribution in [1.29, 1.82) is 0 Å². The summed E-state index contributed by atoms with van der Waals surface area (Å²) < 4.78 is 0. The number of rotatable bonds is 4. The Balaban J connectivity index is 0.000000982. The Morgan fingerprint density at radius 1 is 1.32 bits per heavy atom. The standard InChI is InChI=1S/C11H13NO4.CH6OSi/c1-7(13)12-10(11(15)16)6-8-2-4-9(14)5-3-8;1-3-2/h2-5,10,14H,6H2,1H3,(H,12,13)(H,15,16);2H,3H2,1H3. The summed E-state index contributed by atoms with van der Waals surface area (Å²) in [4.78, 5) is 29.3. The van der Waals surface area contributed by atoms with Crippen LogP contribution in [-0.4, -0.2) is 42.7 Å². The average Bonchev–Trinajstić information content (AvgIpc) is 2.31. The molecule has 7 heteroatoms. The number of carbonyl (C=O) groups excluding carboxylic acids is 1. The molecule has 1 aromatic rings. The van der Waals surface area contributed by atoms with Gasteiger partial charge in [0.25, 0.3) is 0 Å². The van der Waals surface area contributed by atoms with Crippen LogP contribution in [0.5, 0.6) is 5.75 Å². The predicted octanol–water partition coefficient (Wildman–Crippen LogP) is -0.365. The molecule has 1 aromatic carbocycles. The third kappa shape index (κ3) is 7.95. The van der Waals surface area contributed by atoms with Gasteiger partial charge in [-0.25, -0.2) is 4.79 Å². The molecule has 6 nitrogen and oxygen atoms in total.